The van der Waals surface area contributed by atoms with Crippen molar-refractivity contribution < 1.29 is 32.0 Å². The fourth-order valence-electron chi connectivity index (χ4n) is 5.96. The second-order valence-electron chi connectivity index (χ2n) is 10.8. The van der Waals surface area contributed by atoms with Crippen molar-refractivity contribution in [1.82, 2.24) is 0 Å². The summed E-state index contributed by atoms with van der Waals surface area (Å²) in [6, 6.07) is 2.34. The number of hydrogen-bond donors (Lipinski definition) is 0. The van der Waals surface area contributed by atoms with Gasteiger partial charge < -0.3 is 31.6 Å². The van der Waals surface area contributed by atoms with Gasteiger partial charge in [0, 0.05) is 21.1 Å². The van der Waals surface area contributed by atoms with E-state index in [0.717, 1.165) is 11.7 Å². The summed E-state index contributed by atoms with van der Waals surface area (Å²) in [4.78, 5) is 9.56. The van der Waals surface area contributed by atoms with Gasteiger partial charge in [0.05, 0.1) is 0 Å². The van der Waals surface area contributed by atoms with E-state index in [1.807, 2.05) is 0 Å². The molecule has 0 heterocycles. The van der Waals surface area contributed by atoms with E-state index < -0.39 is 0 Å². The summed E-state index contributed by atoms with van der Waals surface area (Å²) in [6.07, 6.45) is 26.9. The third-order valence-electron chi connectivity index (χ3n) is 7.78. The standard InChI is InChI=1S/2C14H25N2.Mo.2O/c2*1-12(15-13-8-4-2-5-9-13)16-14-10-6-3-7-11-14;;;/h2*13-14H,2-11H2,1H3;;;/q2*-1;;2*-2. The first-order valence-electron chi connectivity index (χ1n) is 14.2. The minimum atomic E-state index is 0. The van der Waals surface area contributed by atoms with E-state index in [0.29, 0.717) is 24.2 Å². The van der Waals surface area contributed by atoms with Crippen LogP contribution in [-0.2, 0) is 32.0 Å². The molecule has 4 aliphatic rings. The molecule has 0 spiro atoms. The van der Waals surface area contributed by atoms with Crippen molar-refractivity contribution in [2.75, 3.05) is 0 Å². The Bertz CT molecular complexity index is 513. The van der Waals surface area contributed by atoms with Crippen LogP contribution in [0.4, 0.5) is 0 Å². The number of nitrogens with zero attached hydrogens (tertiary/aromatic N) is 4. The van der Waals surface area contributed by atoms with E-state index in [1.165, 1.54) is 128 Å². The maximum atomic E-state index is 4.78. The van der Waals surface area contributed by atoms with Crippen LogP contribution < -0.4 is 0 Å². The molecule has 0 N–H and O–H groups in total. The first-order chi connectivity index (χ1) is 15.7. The minimum absolute atomic E-state index is 0. The van der Waals surface area contributed by atoms with E-state index in [2.05, 4.69) is 13.8 Å². The van der Waals surface area contributed by atoms with E-state index >= 15 is 0 Å². The summed E-state index contributed by atoms with van der Waals surface area (Å²) in [6.45, 7) is 4.20. The summed E-state index contributed by atoms with van der Waals surface area (Å²) in [5.74, 6) is 2.14. The SMILES string of the molecule is CC(=NC1CCCCC1)[N-]C1CCCCC1.CC(=NC1CCCCC1)[N-]C1CCCCC1.[Mo].[O-2].[O-2]. The van der Waals surface area contributed by atoms with Crippen molar-refractivity contribution in [3.8, 4) is 0 Å². The fraction of sp³-hybridized carbons (Fsp3) is 0.929. The molecule has 4 rings (SSSR count). The first-order valence-corrected chi connectivity index (χ1v) is 14.2. The average molecular weight is 571 g/mol. The van der Waals surface area contributed by atoms with Crippen molar-refractivity contribution in [2.24, 2.45) is 9.98 Å². The maximum Gasteiger partial charge on any atom is 0 e. The van der Waals surface area contributed by atoms with Crippen LogP contribution in [0.3, 0.4) is 0 Å². The number of aliphatic imine (C=N–C) groups is 2. The van der Waals surface area contributed by atoms with Gasteiger partial charge in [-0.05, 0) is 38.0 Å². The molecule has 7 heteroatoms. The fourth-order valence-corrected chi connectivity index (χ4v) is 5.96. The number of rotatable bonds is 4. The molecule has 0 aromatic heterocycles. The monoisotopic (exact) mass is 572 g/mol. The van der Waals surface area contributed by atoms with Crippen molar-refractivity contribution >= 4 is 11.7 Å². The molecule has 0 aliphatic heterocycles. The molecule has 0 saturated heterocycles. The predicted molar refractivity (Wildman–Crippen MR) is 142 cm³/mol. The van der Waals surface area contributed by atoms with E-state index in [4.69, 9.17) is 20.6 Å². The Morgan fingerprint density at radius 1 is 0.457 bits per heavy atom. The Kier molecular flexibility index (Phi) is 20.3. The predicted octanol–water partition coefficient (Wildman–Crippen LogP) is 8.65. The first kappa shape index (κ1) is 34.5. The molecule has 0 aromatic carbocycles. The molecular formula is C28H50MoN4O2-6. The minimum Gasteiger partial charge on any atom is -2.00 e. The van der Waals surface area contributed by atoms with Crippen molar-refractivity contribution in [2.45, 2.75) is 166 Å². The van der Waals surface area contributed by atoms with Crippen LogP contribution in [0.15, 0.2) is 9.98 Å². The molecular weight excluding hydrogens is 520 g/mol. The van der Waals surface area contributed by atoms with E-state index in [9.17, 15) is 0 Å². The molecule has 0 bridgehead atoms. The molecule has 206 valence electrons. The normalized spacial score (nSPS) is 23.5. The van der Waals surface area contributed by atoms with Gasteiger partial charge in [-0.3, -0.25) is 0 Å². The van der Waals surface area contributed by atoms with Gasteiger partial charge in [-0.1, -0.05) is 140 Å². The van der Waals surface area contributed by atoms with Crippen LogP contribution in [0.5, 0.6) is 0 Å². The molecule has 0 aromatic rings. The zero-order valence-corrected chi connectivity index (χ0v) is 24.5. The van der Waals surface area contributed by atoms with E-state index in [1.54, 1.807) is 0 Å². The second-order valence-corrected chi connectivity index (χ2v) is 10.8. The Morgan fingerprint density at radius 2 is 0.714 bits per heavy atom. The van der Waals surface area contributed by atoms with Gasteiger partial charge in [0.15, 0.2) is 0 Å². The van der Waals surface area contributed by atoms with Crippen molar-refractivity contribution in [3.63, 3.8) is 0 Å². The second kappa shape index (κ2) is 20.6. The zero-order valence-electron chi connectivity index (χ0n) is 22.5. The molecule has 4 fully saturated rings. The molecule has 0 amide bonds. The zero-order chi connectivity index (χ0) is 22.4. The van der Waals surface area contributed by atoms with Gasteiger partial charge in [-0.2, -0.15) is 0 Å². The molecule has 35 heavy (non-hydrogen) atoms. The van der Waals surface area contributed by atoms with Gasteiger partial charge in [-0.25, -0.2) is 0 Å². The molecule has 4 aliphatic carbocycles. The molecule has 6 nitrogen and oxygen atoms in total. The summed E-state index contributed by atoms with van der Waals surface area (Å²) >= 11 is 0. The Hall–Kier alpha value is -0.452. The van der Waals surface area contributed by atoms with Gasteiger partial charge in [-0.15, -0.1) is 0 Å². The van der Waals surface area contributed by atoms with Crippen molar-refractivity contribution in [3.05, 3.63) is 10.6 Å². The number of hydrogen-bond acceptors (Lipinski definition) is 2. The third kappa shape index (κ3) is 14.8. The van der Waals surface area contributed by atoms with Crippen LogP contribution in [-0.4, -0.2) is 35.8 Å². The molecule has 0 atom stereocenters. The molecule has 0 unspecified atom stereocenters. The van der Waals surface area contributed by atoms with Gasteiger partial charge in [0.25, 0.3) is 0 Å². The van der Waals surface area contributed by atoms with Gasteiger partial charge >= 0.3 is 0 Å². The van der Waals surface area contributed by atoms with Crippen LogP contribution in [0.2, 0.25) is 0 Å². The molecule has 4 saturated carbocycles. The summed E-state index contributed by atoms with van der Waals surface area (Å²) in [7, 11) is 0. The molecule has 0 radical (unpaired) electrons. The maximum absolute atomic E-state index is 4.78. The summed E-state index contributed by atoms with van der Waals surface area (Å²) < 4.78 is 0. The Morgan fingerprint density at radius 3 is 1.00 bits per heavy atom. The summed E-state index contributed by atoms with van der Waals surface area (Å²) in [5.41, 5.74) is 0. The largest absolute Gasteiger partial charge is 2.00 e. The van der Waals surface area contributed by atoms with Gasteiger partial charge in [0.2, 0.25) is 0 Å². The van der Waals surface area contributed by atoms with Crippen LogP contribution in [0.25, 0.3) is 10.6 Å². The average Bonchev–Trinajstić information content (AvgIpc) is 2.82. The number of amidine groups is 2. The smallest absolute Gasteiger partial charge is 0 e. The summed E-state index contributed by atoms with van der Waals surface area (Å²) in [5, 5.41) is 9.56. The van der Waals surface area contributed by atoms with Crippen LogP contribution >= 0.6 is 0 Å². The Labute approximate surface area is 230 Å². The van der Waals surface area contributed by atoms with Gasteiger partial charge in [0.1, 0.15) is 0 Å². The topological polar surface area (TPSA) is 110 Å². The quantitative estimate of drug-likeness (QED) is 0.183. The van der Waals surface area contributed by atoms with E-state index in [-0.39, 0.29) is 32.0 Å². The Balaban J connectivity index is 0.000000608. The van der Waals surface area contributed by atoms with Crippen LogP contribution in [0, 0.1) is 0 Å². The van der Waals surface area contributed by atoms with Crippen molar-refractivity contribution in [1.29, 1.82) is 0 Å². The van der Waals surface area contributed by atoms with Crippen LogP contribution in [0.1, 0.15) is 142 Å². The third-order valence-corrected chi connectivity index (χ3v) is 7.78.